The lowest BCUT2D eigenvalue weighted by atomic mass is 10.2. The third-order valence-electron chi connectivity index (χ3n) is 4.25. The van der Waals surface area contributed by atoms with E-state index >= 15 is 0 Å². The SMILES string of the molecule is Cc1cc(S(=O)(=O)N2CCN(C(=O)c3cc(Cl)cc(Cl)c3)CC2)c(C)s1. The summed E-state index contributed by atoms with van der Waals surface area (Å²) in [5.74, 6) is -0.200. The van der Waals surface area contributed by atoms with Crippen LogP contribution in [-0.4, -0.2) is 49.7 Å². The van der Waals surface area contributed by atoms with Gasteiger partial charge in [0.2, 0.25) is 10.0 Å². The van der Waals surface area contributed by atoms with Crippen LogP contribution in [-0.2, 0) is 10.0 Å². The predicted molar refractivity (Wildman–Crippen MR) is 105 cm³/mol. The molecule has 1 fully saturated rings. The van der Waals surface area contributed by atoms with Crippen molar-refractivity contribution in [1.29, 1.82) is 0 Å². The van der Waals surface area contributed by atoms with Crippen LogP contribution < -0.4 is 0 Å². The van der Waals surface area contributed by atoms with E-state index in [4.69, 9.17) is 23.2 Å². The van der Waals surface area contributed by atoms with E-state index in [-0.39, 0.29) is 19.0 Å². The van der Waals surface area contributed by atoms with E-state index in [1.54, 1.807) is 29.2 Å². The monoisotopic (exact) mass is 432 g/mol. The molecule has 0 saturated carbocycles. The minimum atomic E-state index is -3.54. The molecule has 1 amide bonds. The Morgan fingerprint density at radius 3 is 2.08 bits per heavy atom. The number of hydrogen-bond donors (Lipinski definition) is 0. The van der Waals surface area contributed by atoms with Crippen LogP contribution >= 0.6 is 34.5 Å². The molecule has 2 heterocycles. The van der Waals surface area contributed by atoms with Crippen LogP contribution in [0.15, 0.2) is 29.2 Å². The molecular formula is C17H18Cl2N2O3S2. The number of rotatable bonds is 3. The number of carbonyl (C=O) groups excluding carboxylic acids is 1. The molecule has 1 aliphatic rings. The Labute approximate surface area is 167 Å². The van der Waals surface area contributed by atoms with Crippen LogP contribution in [0, 0.1) is 13.8 Å². The van der Waals surface area contributed by atoms with Crippen LogP contribution in [0.2, 0.25) is 10.0 Å². The molecule has 0 radical (unpaired) electrons. The first kappa shape index (κ1) is 19.6. The molecule has 9 heteroatoms. The molecule has 0 bridgehead atoms. The van der Waals surface area contributed by atoms with Gasteiger partial charge in [0.25, 0.3) is 5.91 Å². The molecule has 0 unspecified atom stereocenters. The number of piperazine rings is 1. The molecule has 0 aliphatic carbocycles. The number of sulfonamides is 1. The molecule has 1 aromatic carbocycles. The van der Waals surface area contributed by atoms with E-state index in [1.165, 1.54) is 15.6 Å². The summed E-state index contributed by atoms with van der Waals surface area (Å²) in [4.78, 5) is 16.4. The highest BCUT2D eigenvalue weighted by atomic mass is 35.5. The van der Waals surface area contributed by atoms with Crippen molar-refractivity contribution in [3.63, 3.8) is 0 Å². The maximum Gasteiger partial charge on any atom is 0.254 e. The number of amides is 1. The molecule has 1 aliphatic heterocycles. The maximum absolute atomic E-state index is 12.9. The fourth-order valence-corrected chi connectivity index (χ4v) is 6.47. The lowest BCUT2D eigenvalue weighted by molar-refractivity contribution is 0.0698. The Kier molecular flexibility index (Phi) is 5.65. The highest BCUT2D eigenvalue weighted by Crippen LogP contribution is 2.28. The number of halogens is 2. The second-order valence-corrected chi connectivity index (χ2v) is 10.4. The summed E-state index contributed by atoms with van der Waals surface area (Å²) in [6.07, 6.45) is 0. The van der Waals surface area contributed by atoms with Crippen LogP contribution in [0.25, 0.3) is 0 Å². The van der Waals surface area contributed by atoms with Gasteiger partial charge in [-0.05, 0) is 38.1 Å². The quantitative estimate of drug-likeness (QED) is 0.740. The van der Waals surface area contributed by atoms with E-state index in [0.29, 0.717) is 33.6 Å². The lowest BCUT2D eigenvalue weighted by Crippen LogP contribution is -2.50. The summed E-state index contributed by atoms with van der Waals surface area (Å²) in [6, 6.07) is 6.41. The minimum Gasteiger partial charge on any atom is -0.336 e. The fraction of sp³-hybridized carbons (Fsp3) is 0.353. The zero-order valence-electron chi connectivity index (χ0n) is 14.3. The number of aryl methyl sites for hydroxylation is 2. The summed E-state index contributed by atoms with van der Waals surface area (Å²) in [6.45, 7) is 4.87. The van der Waals surface area contributed by atoms with Gasteiger partial charge in [-0.25, -0.2) is 8.42 Å². The molecular weight excluding hydrogens is 415 g/mol. The van der Waals surface area contributed by atoms with Crippen LogP contribution in [0.4, 0.5) is 0 Å². The lowest BCUT2D eigenvalue weighted by Gasteiger charge is -2.34. The summed E-state index contributed by atoms with van der Waals surface area (Å²) >= 11 is 13.4. The second-order valence-electron chi connectivity index (χ2n) is 6.13. The van der Waals surface area contributed by atoms with Crippen molar-refractivity contribution in [1.82, 2.24) is 9.21 Å². The second kappa shape index (κ2) is 7.48. The van der Waals surface area contributed by atoms with E-state index < -0.39 is 10.0 Å². The van der Waals surface area contributed by atoms with E-state index in [1.807, 2.05) is 13.8 Å². The van der Waals surface area contributed by atoms with Gasteiger partial charge in [0, 0.05) is 51.5 Å². The summed E-state index contributed by atoms with van der Waals surface area (Å²) in [5.41, 5.74) is 0.406. The van der Waals surface area contributed by atoms with Crippen molar-refractivity contribution in [2.24, 2.45) is 0 Å². The Morgan fingerprint density at radius 1 is 1.00 bits per heavy atom. The van der Waals surface area contributed by atoms with Crippen molar-refractivity contribution in [3.8, 4) is 0 Å². The van der Waals surface area contributed by atoms with Gasteiger partial charge < -0.3 is 4.90 Å². The number of thiophene rings is 1. The van der Waals surface area contributed by atoms with Gasteiger partial charge in [-0.2, -0.15) is 4.31 Å². The van der Waals surface area contributed by atoms with E-state index in [2.05, 4.69) is 0 Å². The molecule has 0 spiro atoms. The molecule has 26 heavy (non-hydrogen) atoms. The average Bonchev–Trinajstić information content (AvgIpc) is 2.92. The molecule has 1 aromatic heterocycles. The third kappa shape index (κ3) is 3.92. The molecule has 5 nitrogen and oxygen atoms in total. The topological polar surface area (TPSA) is 57.7 Å². The van der Waals surface area contributed by atoms with Gasteiger partial charge >= 0.3 is 0 Å². The Hall–Kier alpha value is -1.12. The molecule has 0 atom stereocenters. The van der Waals surface area contributed by atoms with Gasteiger partial charge in [-0.15, -0.1) is 11.3 Å². The van der Waals surface area contributed by atoms with Gasteiger partial charge in [0.1, 0.15) is 0 Å². The van der Waals surface area contributed by atoms with Crippen LogP contribution in [0.1, 0.15) is 20.1 Å². The Morgan fingerprint density at radius 2 is 1.58 bits per heavy atom. The zero-order chi connectivity index (χ0) is 19.1. The Balaban J connectivity index is 1.73. The Bertz CT molecular complexity index is 929. The fourth-order valence-electron chi connectivity index (χ4n) is 2.99. The molecule has 3 rings (SSSR count). The van der Waals surface area contributed by atoms with Crippen LogP contribution in [0.3, 0.4) is 0 Å². The highest BCUT2D eigenvalue weighted by molar-refractivity contribution is 7.89. The number of nitrogens with zero attached hydrogens (tertiary/aromatic N) is 2. The third-order valence-corrected chi connectivity index (χ3v) is 7.81. The van der Waals surface area contributed by atoms with Gasteiger partial charge in [0.05, 0.1) is 4.90 Å². The first-order chi connectivity index (χ1) is 12.2. The van der Waals surface area contributed by atoms with Crippen molar-refractivity contribution in [2.45, 2.75) is 18.7 Å². The van der Waals surface area contributed by atoms with Crippen molar-refractivity contribution >= 4 is 50.5 Å². The van der Waals surface area contributed by atoms with Gasteiger partial charge in [-0.3, -0.25) is 4.79 Å². The zero-order valence-corrected chi connectivity index (χ0v) is 17.5. The van der Waals surface area contributed by atoms with Gasteiger partial charge in [0.15, 0.2) is 0 Å². The summed E-state index contributed by atoms with van der Waals surface area (Å²) < 4.78 is 27.1. The first-order valence-corrected chi connectivity index (χ1v) is 11.0. The van der Waals surface area contributed by atoms with Crippen LogP contribution in [0.5, 0.6) is 0 Å². The number of hydrogen-bond acceptors (Lipinski definition) is 4. The van der Waals surface area contributed by atoms with Crippen molar-refractivity contribution in [3.05, 3.63) is 49.6 Å². The predicted octanol–water partition coefficient (Wildman–Crippen LogP) is 3.82. The molecule has 1 saturated heterocycles. The summed E-state index contributed by atoms with van der Waals surface area (Å²) in [7, 11) is -3.54. The number of carbonyl (C=O) groups is 1. The first-order valence-electron chi connectivity index (χ1n) is 8.01. The normalized spacial score (nSPS) is 16.1. The standard InChI is InChI=1S/C17H18Cl2N2O3S2/c1-11-7-16(12(2)25-11)26(23,24)21-5-3-20(4-6-21)17(22)13-8-14(18)10-15(19)9-13/h7-10H,3-6H2,1-2H3. The highest BCUT2D eigenvalue weighted by Gasteiger charge is 2.32. The number of benzene rings is 1. The largest absolute Gasteiger partial charge is 0.336 e. The molecule has 2 aromatic rings. The average molecular weight is 433 g/mol. The van der Waals surface area contributed by atoms with Crippen molar-refractivity contribution in [2.75, 3.05) is 26.2 Å². The maximum atomic E-state index is 12.9. The summed E-state index contributed by atoms with van der Waals surface area (Å²) in [5, 5.41) is 0.788. The molecule has 140 valence electrons. The smallest absolute Gasteiger partial charge is 0.254 e. The van der Waals surface area contributed by atoms with Crippen molar-refractivity contribution < 1.29 is 13.2 Å². The van der Waals surface area contributed by atoms with E-state index in [0.717, 1.165) is 9.75 Å². The van der Waals surface area contributed by atoms with Gasteiger partial charge in [-0.1, -0.05) is 23.2 Å². The van der Waals surface area contributed by atoms with E-state index in [9.17, 15) is 13.2 Å². The molecule has 0 N–H and O–H groups in total. The minimum absolute atomic E-state index is 0.200.